The molecule has 0 aliphatic heterocycles. The molecule has 0 aliphatic carbocycles. The molecule has 1 amide bonds. The molecule has 21 heavy (non-hydrogen) atoms. The number of hydrogen-bond acceptors (Lipinski definition) is 4. The molecular weight excluding hydrogens is 320 g/mol. The average molecular weight is 331 g/mol. The standard InChI is InChI=1S/C13H11F2NO3S2/c1-21(18)9-4-2-8(3-5-9)16-12(17)11-10(6-7-20-11)19-13(14)15/h2-7,13H,1H3,(H,16,17)/t21-/m0/s1. The maximum atomic E-state index is 12.2. The van der Waals surface area contributed by atoms with Crippen LogP contribution in [0.25, 0.3) is 0 Å². The number of ether oxygens (including phenoxy) is 1. The van der Waals surface area contributed by atoms with Crippen molar-refractivity contribution in [3.63, 3.8) is 0 Å². The van der Waals surface area contributed by atoms with Gasteiger partial charge in [-0.3, -0.25) is 9.00 Å². The molecule has 1 heterocycles. The summed E-state index contributed by atoms with van der Waals surface area (Å²) in [5.41, 5.74) is 0.477. The molecule has 0 fully saturated rings. The van der Waals surface area contributed by atoms with Crippen LogP contribution in [0.3, 0.4) is 0 Å². The van der Waals surface area contributed by atoms with E-state index in [1.807, 2.05) is 0 Å². The first-order chi connectivity index (χ1) is 9.97. The van der Waals surface area contributed by atoms with Crippen LogP contribution in [0.4, 0.5) is 14.5 Å². The molecule has 1 atom stereocenters. The van der Waals surface area contributed by atoms with Crippen molar-refractivity contribution in [2.24, 2.45) is 0 Å². The molecule has 4 nitrogen and oxygen atoms in total. The van der Waals surface area contributed by atoms with Crippen molar-refractivity contribution < 1.29 is 22.5 Å². The van der Waals surface area contributed by atoms with E-state index in [2.05, 4.69) is 10.1 Å². The fraction of sp³-hybridized carbons (Fsp3) is 0.154. The molecule has 8 heteroatoms. The summed E-state index contributed by atoms with van der Waals surface area (Å²) in [6.45, 7) is -2.98. The summed E-state index contributed by atoms with van der Waals surface area (Å²) in [7, 11) is -1.10. The van der Waals surface area contributed by atoms with Gasteiger partial charge in [0.2, 0.25) is 0 Å². The van der Waals surface area contributed by atoms with Crippen LogP contribution in [-0.2, 0) is 10.8 Å². The largest absolute Gasteiger partial charge is 0.433 e. The van der Waals surface area contributed by atoms with E-state index in [0.717, 1.165) is 11.3 Å². The zero-order chi connectivity index (χ0) is 15.4. The van der Waals surface area contributed by atoms with Crippen molar-refractivity contribution in [2.75, 3.05) is 11.6 Å². The smallest absolute Gasteiger partial charge is 0.387 e. The van der Waals surface area contributed by atoms with Gasteiger partial charge in [0.05, 0.1) is 0 Å². The third-order valence-electron chi connectivity index (χ3n) is 2.50. The van der Waals surface area contributed by atoms with Crippen molar-refractivity contribution in [1.82, 2.24) is 0 Å². The lowest BCUT2D eigenvalue weighted by atomic mass is 10.3. The van der Waals surface area contributed by atoms with Gasteiger partial charge in [0.25, 0.3) is 5.91 Å². The van der Waals surface area contributed by atoms with Gasteiger partial charge in [0.1, 0.15) is 10.6 Å². The van der Waals surface area contributed by atoms with Crippen LogP contribution in [0, 0.1) is 0 Å². The van der Waals surface area contributed by atoms with E-state index in [0.29, 0.717) is 10.6 Å². The number of halogens is 2. The number of alkyl halides is 2. The highest BCUT2D eigenvalue weighted by Gasteiger charge is 2.17. The van der Waals surface area contributed by atoms with E-state index in [9.17, 15) is 17.8 Å². The lowest BCUT2D eigenvalue weighted by Crippen LogP contribution is -2.13. The number of rotatable bonds is 5. The van der Waals surface area contributed by atoms with Crippen molar-refractivity contribution in [1.29, 1.82) is 0 Å². The minimum absolute atomic E-state index is 0.0680. The molecule has 0 saturated heterocycles. The van der Waals surface area contributed by atoms with Gasteiger partial charge >= 0.3 is 6.61 Å². The Morgan fingerprint density at radius 2 is 1.95 bits per heavy atom. The van der Waals surface area contributed by atoms with E-state index in [1.54, 1.807) is 30.5 Å². The molecular formula is C13H11F2NO3S2. The molecule has 1 aromatic carbocycles. The van der Waals surface area contributed by atoms with E-state index >= 15 is 0 Å². The summed E-state index contributed by atoms with van der Waals surface area (Å²) < 4.78 is 39.9. The van der Waals surface area contributed by atoms with Crippen molar-refractivity contribution in [3.05, 3.63) is 40.6 Å². The lowest BCUT2D eigenvalue weighted by Gasteiger charge is -2.07. The number of nitrogens with one attached hydrogen (secondary N) is 1. The number of carbonyl (C=O) groups excluding carboxylic acids is 1. The minimum atomic E-state index is -2.98. The first-order valence-electron chi connectivity index (χ1n) is 5.74. The molecule has 0 bridgehead atoms. The topological polar surface area (TPSA) is 55.4 Å². The van der Waals surface area contributed by atoms with E-state index < -0.39 is 23.3 Å². The van der Waals surface area contributed by atoms with Gasteiger partial charge in [-0.05, 0) is 35.7 Å². The highest BCUT2D eigenvalue weighted by atomic mass is 32.2. The molecule has 112 valence electrons. The highest BCUT2D eigenvalue weighted by Crippen LogP contribution is 2.27. The summed E-state index contributed by atoms with van der Waals surface area (Å²) >= 11 is 1.01. The van der Waals surface area contributed by atoms with Crippen LogP contribution in [0.5, 0.6) is 5.75 Å². The maximum Gasteiger partial charge on any atom is 0.387 e. The molecule has 0 spiro atoms. The normalized spacial score (nSPS) is 12.2. The summed E-state index contributed by atoms with van der Waals surface area (Å²) in [6, 6.07) is 7.74. The predicted molar refractivity (Wildman–Crippen MR) is 77.7 cm³/mol. The second kappa shape index (κ2) is 6.77. The number of thiophene rings is 1. The first-order valence-corrected chi connectivity index (χ1v) is 8.18. The van der Waals surface area contributed by atoms with Gasteiger partial charge in [-0.25, -0.2) is 0 Å². The highest BCUT2D eigenvalue weighted by molar-refractivity contribution is 7.84. The Balaban J connectivity index is 2.11. The Kier molecular flexibility index (Phi) is 5.03. The van der Waals surface area contributed by atoms with Crippen molar-refractivity contribution >= 4 is 33.7 Å². The average Bonchev–Trinajstić information content (AvgIpc) is 2.86. The SMILES string of the molecule is C[S@](=O)c1ccc(NC(=O)c2sccc2OC(F)F)cc1. The maximum absolute atomic E-state index is 12.2. The van der Waals surface area contributed by atoms with E-state index in [4.69, 9.17) is 0 Å². The second-order valence-corrected chi connectivity index (χ2v) is 6.22. The Hall–Kier alpha value is -1.80. The van der Waals surface area contributed by atoms with Crippen molar-refractivity contribution in [3.8, 4) is 5.75 Å². The monoisotopic (exact) mass is 331 g/mol. The van der Waals surface area contributed by atoms with Gasteiger partial charge in [-0.2, -0.15) is 8.78 Å². The molecule has 0 radical (unpaired) electrons. The van der Waals surface area contributed by atoms with Gasteiger partial charge < -0.3 is 10.1 Å². The number of carbonyl (C=O) groups is 1. The summed E-state index contributed by atoms with van der Waals surface area (Å²) in [6.07, 6.45) is 1.55. The van der Waals surface area contributed by atoms with Gasteiger partial charge in [0.15, 0.2) is 0 Å². The van der Waals surface area contributed by atoms with Crippen LogP contribution >= 0.6 is 11.3 Å². The Labute approximate surface area is 126 Å². The summed E-state index contributed by atoms with van der Waals surface area (Å²) in [5.74, 6) is -0.690. The fourth-order valence-electron chi connectivity index (χ4n) is 1.57. The molecule has 2 aromatic rings. The quantitative estimate of drug-likeness (QED) is 0.914. The Bertz CT molecular complexity index is 656. The van der Waals surface area contributed by atoms with Crippen LogP contribution in [0.15, 0.2) is 40.6 Å². The molecule has 0 unspecified atom stereocenters. The van der Waals surface area contributed by atoms with E-state index in [-0.39, 0.29) is 10.6 Å². The predicted octanol–water partition coefficient (Wildman–Crippen LogP) is 3.34. The third-order valence-corrected chi connectivity index (χ3v) is 4.33. The summed E-state index contributed by atoms with van der Waals surface area (Å²) in [5, 5.41) is 4.07. The van der Waals surface area contributed by atoms with Crippen LogP contribution in [0.1, 0.15) is 9.67 Å². The molecule has 1 aromatic heterocycles. The number of benzene rings is 1. The second-order valence-electron chi connectivity index (χ2n) is 3.93. The van der Waals surface area contributed by atoms with Crippen LogP contribution in [-0.4, -0.2) is 23.0 Å². The molecule has 2 rings (SSSR count). The molecule has 1 N–H and O–H groups in total. The van der Waals surface area contributed by atoms with Gasteiger partial charge in [0, 0.05) is 27.6 Å². The number of amides is 1. The Morgan fingerprint density at radius 3 is 2.52 bits per heavy atom. The van der Waals surface area contributed by atoms with E-state index in [1.165, 1.54) is 11.4 Å². The van der Waals surface area contributed by atoms with Gasteiger partial charge in [-0.1, -0.05) is 0 Å². The van der Waals surface area contributed by atoms with Gasteiger partial charge in [-0.15, -0.1) is 11.3 Å². The number of hydrogen-bond donors (Lipinski definition) is 1. The summed E-state index contributed by atoms with van der Waals surface area (Å²) in [4.78, 5) is 12.7. The van der Waals surface area contributed by atoms with Crippen LogP contribution in [0.2, 0.25) is 0 Å². The lowest BCUT2D eigenvalue weighted by molar-refractivity contribution is -0.0498. The zero-order valence-corrected chi connectivity index (χ0v) is 12.5. The Morgan fingerprint density at radius 1 is 1.29 bits per heavy atom. The number of anilines is 1. The van der Waals surface area contributed by atoms with Crippen molar-refractivity contribution in [2.45, 2.75) is 11.5 Å². The zero-order valence-electron chi connectivity index (χ0n) is 10.8. The minimum Gasteiger partial charge on any atom is -0.433 e. The fourth-order valence-corrected chi connectivity index (χ4v) is 2.81. The van der Waals surface area contributed by atoms with Crippen LogP contribution < -0.4 is 10.1 Å². The third kappa shape index (κ3) is 4.08. The molecule has 0 aliphatic rings. The first kappa shape index (κ1) is 15.6. The molecule has 0 saturated carbocycles.